The molecule has 0 spiro atoms. The first-order valence-electron chi connectivity index (χ1n) is 9.10. The molecule has 1 aromatic rings. The number of rotatable bonds is 4. The van der Waals surface area contributed by atoms with Crippen LogP contribution in [-0.4, -0.2) is 61.3 Å². The maximum atomic E-state index is 12.5. The fourth-order valence-corrected chi connectivity index (χ4v) is 3.62. The number of likely N-dealkylation sites (N-methyl/N-ethyl adjacent to an activating group) is 1. The number of hydrogen-bond donors (Lipinski definition) is 1. The predicted molar refractivity (Wildman–Crippen MR) is 94.9 cm³/mol. The molecule has 0 aromatic heterocycles. The standard InChI is InChI=1S/C19H29N3O2/c1-21(19(23)20-17-9-12-24-13-10-17)18-8-5-11-22(15-18)14-16-6-3-2-4-7-16/h2-4,6-7,17-18H,5,8-15H2,1H3,(H,20,23). The van der Waals surface area contributed by atoms with Crippen molar-refractivity contribution in [1.82, 2.24) is 15.1 Å². The Hall–Kier alpha value is -1.59. The number of likely N-dealkylation sites (tertiary alicyclic amines) is 1. The number of ether oxygens (including phenoxy) is 1. The first-order chi connectivity index (χ1) is 11.7. The van der Waals surface area contributed by atoms with Gasteiger partial charge < -0.3 is 15.0 Å². The topological polar surface area (TPSA) is 44.8 Å². The maximum Gasteiger partial charge on any atom is 0.317 e. The quantitative estimate of drug-likeness (QED) is 0.922. The SMILES string of the molecule is CN(C(=O)NC1CCOCC1)C1CCCN(Cc2ccccc2)C1. The summed E-state index contributed by atoms with van der Waals surface area (Å²) in [5.74, 6) is 0. The fraction of sp³-hybridized carbons (Fsp3) is 0.632. The van der Waals surface area contributed by atoms with Crippen LogP contribution in [0.1, 0.15) is 31.2 Å². The average Bonchev–Trinajstić information content (AvgIpc) is 2.63. The zero-order valence-electron chi connectivity index (χ0n) is 14.6. The lowest BCUT2D eigenvalue weighted by atomic mass is 10.0. The highest BCUT2D eigenvalue weighted by molar-refractivity contribution is 5.74. The molecule has 2 aliphatic heterocycles. The Labute approximate surface area is 145 Å². The van der Waals surface area contributed by atoms with E-state index in [0.717, 1.165) is 58.5 Å². The minimum Gasteiger partial charge on any atom is -0.381 e. The minimum absolute atomic E-state index is 0.0634. The third kappa shape index (κ3) is 4.71. The van der Waals surface area contributed by atoms with Crippen molar-refractivity contribution in [3.63, 3.8) is 0 Å². The molecule has 2 saturated heterocycles. The molecule has 2 heterocycles. The Morgan fingerprint density at radius 2 is 2.00 bits per heavy atom. The second kappa shape index (κ2) is 8.49. The Bertz CT molecular complexity index is 517. The molecule has 132 valence electrons. The van der Waals surface area contributed by atoms with Crippen molar-refractivity contribution in [2.75, 3.05) is 33.4 Å². The Morgan fingerprint density at radius 1 is 1.25 bits per heavy atom. The minimum atomic E-state index is 0.0634. The van der Waals surface area contributed by atoms with Crippen molar-refractivity contribution in [2.24, 2.45) is 0 Å². The zero-order chi connectivity index (χ0) is 16.8. The summed E-state index contributed by atoms with van der Waals surface area (Å²) in [6, 6.07) is 11.2. The number of piperidine rings is 1. The van der Waals surface area contributed by atoms with Gasteiger partial charge in [-0.25, -0.2) is 4.79 Å². The van der Waals surface area contributed by atoms with E-state index in [1.807, 2.05) is 11.9 Å². The second-order valence-electron chi connectivity index (χ2n) is 6.96. The highest BCUT2D eigenvalue weighted by Gasteiger charge is 2.27. The number of nitrogens with zero attached hydrogens (tertiary/aromatic N) is 2. The summed E-state index contributed by atoms with van der Waals surface area (Å²) >= 11 is 0. The number of urea groups is 1. The molecule has 1 aromatic carbocycles. The maximum absolute atomic E-state index is 12.5. The molecule has 0 bridgehead atoms. The smallest absolute Gasteiger partial charge is 0.317 e. The molecule has 0 aliphatic carbocycles. The molecule has 5 heteroatoms. The van der Waals surface area contributed by atoms with Gasteiger partial charge in [0.2, 0.25) is 0 Å². The van der Waals surface area contributed by atoms with E-state index in [2.05, 4.69) is 40.5 Å². The van der Waals surface area contributed by atoms with Crippen molar-refractivity contribution in [2.45, 2.75) is 44.3 Å². The van der Waals surface area contributed by atoms with Crippen LogP contribution in [0, 0.1) is 0 Å². The van der Waals surface area contributed by atoms with E-state index in [-0.39, 0.29) is 12.1 Å². The highest BCUT2D eigenvalue weighted by Crippen LogP contribution is 2.18. The summed E-state index contributed by atoms with van der Waals surface area (Å²) < 4.78 is 5.36. The monoisotopic (exact) mass is 331 g/mol. The van der Waals surface area contributed by atoms with Gasteiger partial charge in [0.05, 0.1) is 0 Å². The first kappa shape index (κ1) is 17.2. The van der Waals surface area contributed by atoms with Gasteiger partial charge in [-0.3, -0.25) is 4.90 Å². The summed E-state index contributed by atoms with van der Waals surface area (Å²) in [6.07, 6.45) is 4.07. The van der Waals surface area contributed by atoms with Crippen LogP contribution in [0.3, 0.4) is 0 Å². The second-order valence-corrected chi connectivity index (χ2v) is 6.96. The number of hydrogen-bond acceptors (Lipinski definition) is 3. The number of nitrogens with one attached hydrogen (secondary N) is 1. The summed E-state index contributed by atoms with van der Waals surface area (Å²) in [6.45, 7) is 4.53. The van der Waals surface area contributed by atoms with Gasteiger partial charge in [-0.15, -0.1) is 0 Å². The molecule has 0 radical (unpaired) electrons. The molecule has 0 saturated carbocycles. The lowest BCUT2D eigenvalue weighted by molar-refractivity contribution is 0.0752. The molecule has 5 nitrogen and oxygen atoms in total. The largest absolute Gasteiger partial charge is 0.381 e. The van der Waals surface area contributed by atoms with Gasteiger partial charge in [-0.1, -0.05) is 30.3 Å². The number of carbonyl (C=O) groups excluding carboxylic acids is 1. The van der Waals surface area contributed by atoms with Crippen LogP contribution in [0.25, 0.3) is 0 Å². The van der Waals surface area contributed by atoms with Crippen LogP contribution in [0.15, 0.2) is 30.3 Å². The molecule has 2 aliphatic rings. The van der Waals surface area contributed by atoms with E-state index >= 15 is 0 Å². The van der Waals surface area contributed by atoms with E-state index in [1.54, 1.807) is 0 Å². The molecule has 1 N–H and O–H groups in total. The lowest BCUT2D eigenvalue weighted by Crippen LogP contribution is -2.53. The number of amides is 2. The molecule has 24 heavy (non-hydrogen) atoms. The summed E-state index contributed by atoms with van der Waals surface area (Å²) in [5, 5.41) is 3.17. The molecular weight excluding hydrogens is 302 g/mol. The van der Waals surface area contributed by atoms with Crippen molar-refractivity contribution < 1.29 is 9.53 Å². The van der Waals surface area contributed by atoms with Crippen molar-refractivity contribution in [1.29, 1.82) is 0 Å². The van der Waals surface area contributed by atoms with Gasteiger partial charge in [0.25, 0.3) is 0 Å². The van der Waals surface area contributed by atoms with Crippen molar-refractivity contribution >= 4 is 6.03 Å². The van der Waals surface area contributed by atoms with Crippen LogP contribution in [0.5, 0.6) is 0 Å². The Balaban J connectivity index is 1.50. The van der Waals surface area contributed by atoms with Gasteiger partial charge in [0.15, 0.2) is 0 Å². The summed E-state index contributed by atoms with van der Waals surface area (Å²) in [7, 11) is 1.94. The van der Waals surface area contributed by atoms with E-state index in [1.165, 1.54) is 5.56 Å². The van der Waals surface area contributed by atoms with Gasteiger partial charge in [-0.2, -0.15) is 0 Å². The van der Waals surface area contributed by atoms with Crippen LogP contribution >= 0.6 is 0 Å². The molecule has 1 unspecified atom stereocenters. The highest BCUT2D eigenvalue weighted by atomic mass is 16.5. The molecule has 1 atom stereocenters. The van der Waals surface area contributed by atoms with E-state index in [0.29, 0.717) is 6.04 Å². The van der Waals surface area contributed by atoms with Gasteiger partial charge in [-0.05, 0) is 37.8 Å². The average molecular weight is 331 g/mol. The Kier molecular flexibility index (Phi) is 6.10. The number of benzene rings is 1. The zero-order valence-corrected chi connectivity index (χ0v) is 14.6. The molecule has 2 fully saturated rings. The van der Waals surface area contributed by atoms with Crippen molar-refractivity contribution in [3.05, 3.63) is 35.9 Å². The van der Waals surface area contributed by atoms with Gasteiger partial charge >= 0.3 is 6.03 Å². The van der Waals surface area contributed by atoms with Crippen LogP contribution in [0.2, 0.25) is 0 Å². The normalized spacial score (nSPS) is 23.0. The predicted octanol–water partition coefficient (Wildman–Crippen LogP) is 2.47. The van der Waals surface area contributed by atoms with Crippen molar-refractivity contribution in [3.8, 4) is 0 Å². The molecule has 2 amide bonds. The van der Waals surface area contributed by atoms with Crippen LogP contribution in [-0.2, 0) is 11.3 Å². The summed E-state index contributed by atoms with van der Waals surface area (Å²) in [5.41, 5.74) is 1.34. The number of carbonyl (C=O) groups is 1. The van der Waals surface area contributed by atoms with Gasteiger partial charge in [0, 0.05) is 45.4 Å². The molecular formula is C19H29N3O2. The van der Waals surface area contributed by atoms with E-state index in [4.69, 9.17) is 4.74 Å². The van der Waals surface area contributed by atoms with Crippen LogP contribution < -0.4 is 5.32 Å². The van der Waals surface area contributed by atoms with E-state index < -0.39 is 0 Å². The molecule has 3 rings (SSSR count). The van der Waals surface area contributed by atoms with Gasteiger partial charge in [0.1, 0.15) is 0 Å². The lowest BCUT2D eigenvalue weighted by Gasteiger charge is -2.38. The summed E-state index contributed by atoms with van der Waals surface area (Å²) in [4.78, 5) is 16.9. The third-order valence-electron chi connectivity index (χ3n) is 5.15. The third-order valence-corrected chi connectivity index (χ3v) is 5.15. The Morgan fingerprint density at radius 3 is 2.75 bits per heavy atom. The van der Waals surface area contributed by atoms with Crippen LogP contribution in [0.4, 0.5) is 4.79 Å². The first-order valence-corrected chi connectivity index (χ1v) is 9.10. The van der Waals surface area contributed by atoms with E-state index in [9.17, 15) is 4.79 Å². The fourth-order valence-electron chi connectivity index (χ4n) is 3.62.